The van der Waals surface area contributed by atoms with E-state index in [-0.39, 0.29) is 40.2 Å². The molecule has 26 heavy (non-hydrogen) atoms. The van der Waals surface area contributed by atoms with E-state index in [9.17, 15) is 9.59 Å². The molecule has 146 valence electrons. The van der Waals surface area contributed by atoms with Crippen LogP contribution in [0.15, 0.2) is 0 Å². The molecule has 3 aliphatic carbocycles. The molecule has 1 spiro atoms. The Hall–Kier alpha value is -1.06. The summed E-state index contributed by atoms with van der Waals surface area (Å²) in [6.07, 6.45) is 4.13. The minimum Gasteiger partial charge on any atom is -0.461 e. The van der Waals surface area contributed by atoms with Crippen LogP contribution in [0.25, 0.3) is 0 Å². The molecule has 0 aromatic heterocycles. The lowest BCUT2D eigenvalue weighted by Crippen LogP contribution is -2.50. The molecule has 6 atom stereocenters. The minimum absolute atomic E-state index is 0.0136. The van der Waals surface area contributed by atoms with Gasteiger partial charge in [-0.1, -0.05) is 41.5 Å². The van der Waals surface area contributed by atoms with Crippen molar-refractivity contribution in [3.8, 4) is 0 Å². The van der Waals surface area contributed by atoms with E-state index in [0.29, 0.717) is 12.3 Å². The molecule has 4 rings (SSSR count). The normalized spacial score (nSPS) is 42.7. The van der Waals surface area contributed by atoms with Gasteiger partial charge in [-0.15, -0.1) is 0 Å². The first kappa shape index (κ1) is 18.3. The number of fused-ring (bicyclic) bond motifs is 1. The van der Waals surface area contributed by atoms with Gasteiger partial charge in [-0.25, -0.2) is 0 Å². The van der Waals surface area contributed by atoms with Crippen LogP contribution in [0, 0.1) is 33.5 Å². The minimum atomic E-state index is -0.549. The zero-order valence-electron chi connectivity index (χ0n) is 17.4. The summed E-state index contributed by atoms with van der Waals surface area (Å²) in [5.41, 5.74) is -1.12. The number of ether oxygens (including phenoxy) is 2. The molecule has 4 heteroatoms. The summed E-state index contributed by atoms with van der Waals surface area (Å²) in [5, 5.41) is 0. The van der Waals surface area contributed by atoms with Crippen molar-refractivity contribution in [3.05, 3.63) is 0 Å². The smallest absolute Gasteiger partial charge is 0.312 e. The SMILES string of the molecule is CC(C)(C)CC(C)(C(=O)OC12CC3CC4C(=O)OC(C1)C34C2)C(C)(C)C. The Bertz CT molecular complexity index is 669. The van der Waals surface area contributed by atoms with Crippen LogP contribution in [0.5, 0.6) is 0 Å². The lowest BCUT2D eigenvalue weighted by Gasteiger charge is -2.48. The van der Waals surface area contributed by atoms with Crippen LogP contribution < -0.4 is 0 Å². The van der Waals surface area contributed by atoms with Crippen LogP contribution in [-0.4, -0.2) is 23.6 Å². The second kappa shape index (κ2) is 4.86. The Labute approximate surface area is 157 Å². The van der Waals surface area contributed by atoms with Gasteiger partial charge in [0.25, 0.3) is 0 Å². The van der Waals surface area contributed by atoms with Gasteiger partial charge in [0, 0.05) is 11.8 Å². The van der Waals surface area contributed by atoms with Gasteiger partial charge in [0.2, 0.25) is 0 Å². The summed E-state index contributed by atoms with van der Waals surface area (Å²) < 4.78 is 12.0. The molecule has 4 fully saturated rings. The summed E-state index contributed by atoms with van der Waals surface area (Å²) in [7, 11) is 0. The first-order chi connectivity index (χ1) is 11.7. The Morgan fingerprint density at radius 2 is 1.81 bits per heavy atom. The summed E-state index contributed by atoms with van der Waals surface area (Å²) in [6.45, 7) is 15.0. The average molecular weight is 363 g/mol. The van der Waals surface area contributed by atoms with Crippen LogP contribution in [0.3, 0.4) is 0 Å². The van der Waals surface area contributed by atoms with E-state index >= 15 is 0 Å². The summed E-state index contributed by atoms with van der Waals surface area (Å²) in [6, 6.07) is 0. The van der Waals surface area contributed by atoms with E-state index in [1.807, 2.05) is 0 Å². The number of esters is 2. The van der Waals surface area contributed by atoms with E-state index in [1.165, 1.54) is 0 Å². The van der Waals surface area contributed by atoms with Gasteiger partial charge in [-0.05, 0) is 49.4 Å². The molecule has 0 aromatic carbocycles. The molecular weight excluding hydrogens is 328 g/mol. The fourth-order valence-electron chi connectivity index (χ4n) is 6.57. The molecule has 4 aliphatic rings. The van der Waals surface area contributed by atoms with E-state index in [4.69, 9.17) is 9.47 Å². The largest absolute Gasteiger partial charge is 0.461 e. The monoisotopic (exact) mass is 362 g/mol. The average Bonchev–Trinajstić information content (AvgIpc) is 2.95. The number of hydrogen-bond donors (Lipinski definition) is 0. The molecule has 0 N–H and O–H groups in total. The fourth-order valence-corrected chi connectivity index (χ4v) is 6.57. The predicted molar refractivity (Wildman–Crippen MR) is 98.2 cm³/mol. The lowest BCUT2D eigenvalue weighted by molar-refractivity contribution is -0.182. The third-order valence-electron chi connectivity index (χ3n) is 8.17. The zero-order valence-corrected chi connectivity index (χ0v) is 17.4. The molecule has 1 saturated heterocycles. The lowest BCUT2D eigenvalue weighted by atomic mass is 9.53. The molecule has 1 aliphatic heterocycles. The Balaban J connectivity index is 1.58. The van der Waals surface area contributed by atoms with Crippen molar-refractivity contribution in [2.75, 3.05) is 0 Å². The Kier molecular flexibility index (Phi) is 3.42. The van der Waals surface area contributed by atoms with Crippen LogP contribution >= 0.6 is 0 Å². The quantitative estimate of drug-likeness (QED) is 0.694. The highest BCUT2D eigenvalue weighted by Crippen LogP contribution is 2.76. The van der Waals surface area contributed by atoms with Crippen LogP contribution in [0.2, 0.25) is 0 Å². The molecule has 2 bridgehead atoms. The first-order valence-electron chi connectivity index (χ1n) is 10.2. The molecular formula is C22H34O4. The van der Waals surface area contributed by atoms with Crippen LogP contribution in [0.4, 0.5) is 0 Å². The maximum atomic E-state index is 13.5. The highest BCUT2D eigenvalue weighted by atomic mass is 16.6. The third-order valence-corrected chi connectivity index (χ3v) is 8.17. The van der Waals surface area contributed by atoms with Crippen molar-refractivity contribution in [2.45, 2.75) is 92.3 Å². The van der Waals surface area contributed by atoms with Crippen molar-refractivity contribution in [3.63, 3.8) is 0 Å². The first-order valence-corrected chi connectivity index (χ1v) is 10.2. The number of hydrogen-bond acceptors (Lipinski definition) is 4. The predicted octanol–water partition coefficient (Wildman–Crippen LogP) is 4.50. The maximum absolute atomic E-state index is 13.5. The van der Waals surface area contributed by atoms with Crippen molar-refractivity contribution in [1.82, 2.24) is 0 Å². The Morgan fingerprint density at radius 3 is 2.35 bits per heavy atom. The molecule has 0 amide bonds. The molecule has 0 aromatic rings. The van der Waals surface area contributed by atoms with Crippen molar-refractivity contribution in [1.29, 1.82) is 0 Å². The molecule has 4 nitrogen and oxygen atoms in total. The van der Waals surface area contributed by atoms with E-state index < -0.39 is 11.0 Å². The molecule has 0 radical (unpaired) electrons. The van der Waals surface area contributed by atoms with Crippen molar-refractivity contribution in [2.24, 2.45) is 33.5 Å². The highest BCUT2D eigenvalue weighted by Gasteiger charge is 2.80. The number of carbonyl (C=O) groups is 2. The number of rotatable bonds is 3. The van der Waals surface area contributed by atoms with Crippen LogP contribution in [-0.2, 0) is 19.1 Å². The van der Waals surface area contributed by atoms with Gasteiger partial charge in [0.1, 0.15) is 11.7 Å². The second-order valence-corrected chi connectivity index (χ2v) is 12.0. The molecule has 1 heterocycles. The topological polar surface area (TPSA) is 52.6 Å². The van der Waals surface area contributed by atoms with E-state index in [1.54, 1.807) is 0 Å². The van der Waals surface area contributed by atoms with Gasteiger partial charge in [0.15, 0.2) is 0 Å². The second-order valence-electron chi connectivity index (χ2n) is 12.0. The third kappa shape index (κ3) is 2.19. The Morgan fingerprint density at radius 1 is 1.15 bits per heavy atom. The standard InChI is InChI=1S/C22H34O4/c1-18(2,3)11-20(7,19(4,5)6)17(24)26-21-9-13-8-14-16(23)25-15(10-21)22(13,14)12-21/h13-15H,8-12H2,1-7H3. The van der Waals surface area contributed by atoms with E-state index in [0.717, 1.165) is 25.7 Å². The molecule has 6 unspecified atom stereocenters. The number of carbonyl (C=O) groups excluding carboxylic acids is 2. The van der Waals surface area contributed by atoms with Crippen molar-refractivity contribution < 1.29 is 19.1 Å². The van der Waals surface area contributed by atoms with Crippen LogP contribution in [0.1, 0.15) is 80.6 Å². The highest BCUT2D eigenvalue weighted by molar-refractivity contribution is 5.80. The molecule has 3 saturated carbocycles. The van der Waals surface area contributed by atoms with Gasteiger partial charge < -0.3 is 9.47 Å². The zero-order chi connectivity index (χ0) is 19.3. The maximum Gasteiger partial charge on any atom is 0.312 e. The van der Waals surface area contributed by atoms with Crippen molar-refractivity contribution >= 4 is 11.9 Å². The summed E-state index contributed by atoms with van der Waals surface area (Å²) >= 11 is 0. The summed E-state index contributed by atoms with van der Waals surface area (Å²) in [5.74, 6) is 0.471. The van der Waals surface area contributed by atoms with Gasteiger partial charge >= 0.3 is 11.9 Å². The van der Waals surface area contributed by atoms with Gasteiger partial charge in [-0.2, -0.15) is 0 Å². The van der Waals surface area contributed by atoms with Gasteiger partial charge in [0.05, 0.1) is 11.3 Å². The fraction of sp³-hybridized carbons (Fsp3) is 0.909. The summed E-state index contributed by atoms with van der Waals surface area (Å²) in [4.78, 5) is 25.6. The van der Waals surface area contributed by atoms with Gasteiger partial charge in [-0.3, -0.25) is 9.59 Å². The van der Waals surface area contributed by atoms with E-state index in [2.05, 4.69) is 48.5 Å².